The molecule has 0 saturated carbocycles. The summed E-state index contributed by atoms with van der Waals surface area (Å²) < 4.78 is 4.86. The second-order valence-electron chi connectivity index (χ2n) is 2.45. The first-order valence-electron chi connectivity index (χ1n) is 4.84. The highest BCUT2D eigenvalue weighted by molar-refractivity contribution is 5.69. The van der Waals surface area contributed by atoms with Crippen LogP contribution >= 0.6 is 0 Å². The largest absolute Gasteiger partial charge is 0.461 e. The van der Waals surface area contributed by atoms with Crippen molar-refractivity contribution >= 4 is 5.97 Å². The Morgan fingerprint density at radius 3 is 2.50 bits per heavy atom. The van der Waals surface area contributed by atoms with E-state index in [1.807, 2.05) is 20.8 Å². The molecule has 0 aliphatic heterocycles. The zero-order valence-corrected chi connectivity index (χ0v) is 9.38. The zero-order valence-electron chi connectivity index (χ0n) is 9.38. The normalized spacial score (nSPS) is 9.86. The van der Waals surface area contributed by atoms with Crippen molar-refractivity contribution in [2.24, 2.45) is 5.73 Å². The van der Waals surface area contributed by atoms with Crippen molar-refractivity contribution in [1.29, 1.82) is 0 Å². The molecule has 0 aliphatic carbocycles. The number of esters is 1. The van der Waals surface area contributed by atoms with Crippen LogP contribution < -0.4 is 5.73 Å². The Balaban J connectivity index is 0. The van der Waals surface area contributed by atoms with E-state index < -0.39 is 0 Å². The highest BCUT2D eigenvalue weighted by Gasteiger charge is 1.99. The van der Waals surface area contributed by atoms with Crippen molar-refractivity contribution in [3.8, 4) is 0 Å². The maximum absolute atomic E-state index is 10.8. The van der Waals surface area contributed by atoms with Crippen molar-refractivity contribution < 1.29 is 9.53 Å². The van der Waals surface area contributed by atoms with Gasteiger partial charge in [0.1, 0.15) is 6.61 Å². The fraction of sp³-hybridized carbons (Fsp3) is 0.545. The second kappa shape index (κ2) is 11.9. The van der Waals surface area contributed by atoms with Crippen molar-refractivity contribution in [1.82, 2.24) is 0 Å². The molecule has 14 heavy (non-hydrogen) atoms. The topological polar surface area (TPSA) is 52.3 Å². The van der Waals surface area contributed by atoms with E-state index in [1.165, 1.54) is 0 Å². The van der Waals surface area contributed by atoms with Crippen LogP contribution in [-0.2, 0) is 9.53 Å². The van der Waals surface area contributed by atoms with Gasteiger partial charge in [-0.25, -0.2) is 0 Å². The van der Waals surface area contributed by atoms with Crippen LogP contribution in [0.5, 0.6) is 0 Å². The highest BCUT2D eigenvalue weighted by atomic mass is 16.5. The van der Waals surface area contributed by atoms with E-state index in [-0.39, 0.29) is 12.4 Å². The number of rotatable bonds is 5. The molecule has 0 amide bonds. The van der Waals surface area contributed by atoms with Gasteiger partial charge in [0, 0.05) is 6.54 Å². The minimum atomic E-state index is -0.255. The molecule has 0 spiro atoms. The third-order valence-electron chi connectivity index (χ3n) is 1.21. The summed E-state index contributed by atoms with van der Waals surface area (Å²) in [4.78, 5) is 10.8. The monoisotopic (exact) mass is 199 g/mol. The van der Waals surface area contributed by atoms with Crippen molar-refractivity contribution in [2.45, 2.75) is 27.2 Å². The predicted molar refractivity (Wildman–Crippen MR) is 59.9 cm³/mol. The quantitative estimate of drug-likeness (QED) is 0.544. The molecule has 0 atom stereocenters. The Bertz CT molecular complexity index is 186. The molecule has 0 fully saturated rings. The number of carbonyl (C=O) groups is 1. The molecule has 0 heterocycles. The van der Waals surface area contributed by atoms with Gasteiger partial charge in [-0.1, -0.05) is 32.6 Å². The van der Waals surface area contributed by atoms with Crippen molar-refractivity contribution in [3.05, 3.63) is 24.3 Å². The van der Waals surface area contributed by atoms with E-state index in [2.05, 4.69) is 6.58 Å². The molecule has 0 rings (SSSR count). The van der Waals surface area contributed by atoms with Crippen LogP contribution in [0.15, 0.2) is 24.3 Å². The van der Waals surface area contributed by atoms with Gasteiger partial charge in [-0.05, 0) is 12.5 Å². The summed E-state index contributed by atoms with van der Waals surface area (Å²) in [6.45, 7) is 10.1. The summed E-state index contributed by atoms with van der Waals surface area (Å²) in [6.07, 6.45) is 3.74. The number of hydrogen-bond donors (Lipinski definition) is 1. The number of allylic oxidation sites excluding steroid dienone is 2. The van der Waals surface area contributed by atoms with E-state index >= 15 is 0 Å². The van der Waals surface area contributed by atoms with Crippen LogP contribution in [-0.4, -0.2) is 19.1 Å². The molecule has 0 bridgehead atoms. The van der Waals surface area contributed by atoms with Crippen LogP contribution in [0.25, 0.3) is 0 Å². The lowest BCUT2D eigenvalue weighted by molar-refractivity contribution is -0.142. The lowest BCUT2D eigenvalue weighted by Crippen LogP contribution is -2.12. The molecule has 2 N–H and O–H groups in total. The third kappa shape index (κ3) is 10.9. The first kappa shape index (κ1) is 15.4. The molecule has 0 unspecified atom stereocenters. The SMILES string of the molecule is C=C/C=C(\C)COC(=O)CCN.CC. The van der Waals surface area contributed by atoms with E-state index in [1.54, 1.807) is 12.2 Å². The molecule has 0 aliphatic rings. The fourth-order valence-corrected chi connectivity index (χ4v) is 0.634. The molecule has 0 aromatic rings. The first-order valence-corrected chi connectivity index (χ1v) is 4.84. The van der Waals surface area contributed by atoms with Crippen molar-refractivity contribution in [3.63, 3.8) is 0 Å². The Morgan fingerprint density at radius 1 is 1.50 bits per heavy atom. The van der Waals surface area contributed by atoms with Crippen LogP contribution in [0.2, 0.25) is 0 Å². The minimum Gasteiger partial charge on any atom is -0.461 e. The van der Waals surface area contributed by atoms with Crippen LogP contribution in [0.3, 0.4) is 0 Å². The van der Waals surface area contributed by atoms with Crippen LogP contribution in [0.1, 0.15) is 27.2 Å². The molecule has 82 valence electrons. The third-order valence-corrected chi connectivity index (χ3v) is 1.21. The summed E-state index contributed by atoms with van der Waals surface area (Å²) in [5.41, 5.74) is 6.13. The zero-order chi connectivity index (χ0) is 11.4. The van der Waals surface area contributed by atoms with Gasteiger partial charge in [-0.15, -0.1) is 0 Å². The Labute approximate surface area is 86.6 Å². The molecule has 0 radical (unpaired) electrons. The molecule has 3 heteroatoms. The lowest BCUT2D eigenvalue weighted by atomic mass is 10.3. The minimum absolute atomic E-state index is 0.255. The van der Waals surface area contributed by atoms with Gasteiger partial charge in [0.15, 0.2) is 0 Å². The van der Waals surface area contributed by atoms with Gasteiger partial charge >= 0.3 is 5.97 Å². The standard InChI is InChI=1S/C9H15NO2.C2H6/c1-3-4-8(2)7-12-9(11)5-6-10;1-2/h3-4H,1,5-7,10H2,2H3;1-2H3/b8-4+;. The van der Waals surface area contributed by atoms with E-state index in [4.69, 9.17) is 10.5 Å². The molecule has 0 saturated heterocycles. The van der Waals surface area contributed by atoms with Crippen LogP contribution in [0, 0.1) is 0 Å². The number of nitrogens with two attached hydrogens (primary N) is 1. The first-order chi connectivity index (χ1) is 6.70. The van der Waals surface area contributed by atoms with Gasteiger partial charge < -0.3 is 10.5 Å². The average Bonchev–Trinajstić information content (AvgIpc) is 2.19. The predicted octanol–water partition coefficient (Wildman–Crippen LogP) is 2.04. The Morgan fingerprint density at radius 2 is 2.07 bits per heavy atom. The lowest BCUT2D eigenvalue weighted by Gasteiger charge is -2.02. The molecule has 0 aromatic carbocycles. The van der Waals surface area contributed by atoms with Gasteiger partial charge in [0.05, 0.1) is 6.42 Å². The summed E-state index contributed by atoms with van der Waals surface area (Å²) in [5.74, 6) is -0.255. The Hall–Kier alpha value is -1.09. The maximum atomic E-state index is 10.8. The molecule has 3 nitrogen and oxygen atoms in total. The van der Waals surface area contributed by atoms with E-state index in [9.17, 15) is 4.79 Å². The summed E-state index contributed by atoms with van der Waals surface area (Å²) >= 11 is 0. The van der Waals surface area contributed by atoms with E-state index in [0.717, 1.165) is 5.57 Å². The smallest absolute Gasteiger partial charge is 0.307 e. The van der Waals surface area contributed by atoms with Gasteiger partial charge in [-0.3, -0.25) is 4.79 Å². The van der Waals surface area contributed by atoms with E-state index in [0.29, 0.717) is 13.2 Å². The molecular weight excluding hydrogens is 178 g/mol. The van der Waals surface area contributed by atoms with Crippen molar-refractivity contribution in [2.75, 3.05) is 13.2 Å². The second-order valence-corrected chi connectivity index (χ2v) is 2.45. The number of hydrogen-bond acceptors (Lipinski definition) is 3. The average molecular weight is 199 g/mol. The van der Waals surface area contributed by atoms with Gasteiger partial charge in [0.25, 0.3) is 0 Å². The summed E-state index contributed by atoms with van der Waals surface area (Å²) in [6, 6.07) is 0. The van der Waals surface area contributed by atoms with Gasteiger partial charge in [-0.2, -0.15) is 0 Å². The number of ether oxygens (including phenoxy) is 1. The molecular formula is C11H21NO2. The van der Waals surface area contributed by atoms with Gasteiger partial charge in [0.2, 0.25) is 0 Å². The Kier molecular flexibility index (Phi) is 13.1. The summed E-state index contributed by atoms with van der Waals surface area (Å²) in [5, 5.41) is 0. The van der Waals surface area contributed by atoms with Crippen LogP contribution in [0.4, 0.5) is 0 Å². The fourth-order valence-electron chi connectivity index (χ4n) is 0.634. The highest BCUT2D eigenvalue weighted by Crippen LogP contribution is 1.95. The molecule has 0 aromatic heterocycles. The summed E-state index contributed by atoms with van der Waals surface area (Å²) in [7, 11) is 0. The number of carbonyl (C=O) groups excluding carboxylic acids is 1. The maximum Gasteiger partial charge on any atom is 0.307 e.